The molecule has 1 aromatic heterocycles. The number of pyridine rings is 1. The van der Waals surface area contributed by atoms with Gasteiger partial charge in [-0.25, -0.2) is 17.8 Å². The number of aryl methyl sites for hydroxylation is 1. The number of rotatable bonds is 3. The first kappa shape index (κ1) is 15.0. The first-order chi connectivity index (χ1) is 9.29. The van der Waals surface area contributed by atoms with Gasteiger partial charge in [0, 0.05) is 5.02 Å². The summed E-state index contributed by atoms with van der Waals surface area (Å²) in [6, 6.07) is 4.82. The monoisotopic (exact) mass is 334 g/mol. The van der Waals surface area contributed by atoms with Crippen molar-refractivity contribution in [1.82, 2.24) is 4.98 Å². The molecule has 0 bridgehead atoms. The van der Waals surface area contributed by atoms with Crippen LogP contribution in [0.5, 0.6) is 0 Å². The molecule has 0 atom stereocenters. The number of nitrogens with one attached hydrogen (secondary N) is 1. The Bertz CT molecular complexity index is 766. The Kier molecular flexibility index (Phi) is 4.17. The summed E-state index contributed by atoms with van der Waals surface area (Å²) in [6.07, 6.45) is 1.25. The van der Waals surface area contributed by atoms with Crippen molar-refractivity contribution in [3.05, 3.63) is 52.0 Å². The number of hydrogen-bond acceptors (Lipinski definition) is 3. The normalized spacial score (nSPS) is 11.4. The van der Waals surface area contributed by atoms with Crippen LogP contribution in [0.2, 0.25) is 10.2 Å². The highest BCUT2D eigenvalue weighted by atomic mass is 35.5. The predicted octanol–water partition coefficient (Wildman–Crippen LogP) is 3.64. The van der Waals surface area contributed by atoms with Crippen LogP contribution >= 0.6 is 23.2 Å². The maximum absolute atomic E-state index is 13.7. The number of halogens is 3. The summed E-state index contributed by atoms with van der Waals surface area (Å²) in [7, 11) is -4.06. The van der Waals surface area contributed by atoms with E-state index in [1.54, 1.807) is 6.92 Å². The fourth-order valence-electron chi connectivity index (χ4n) is 1.52. The van der Waals surface area contributed by atoms with Gasteiger partial charge in [0.05, 0.1) is 11.9 Å². The molecule has 0 saturated carbocycles. The van der Waals surface area contributed by atoms with E-state index in [4.69, 9.17) is 23.2 Å². The van der Waals surface area contributed by atoms with E-state index in [1.165, 1.54) is 18.3 Å². The maximum atomic E-state index is 13.7. The number of sulfonamides is 1. The van der Waals surface area contributed by atoms with Crippen molar-refractivity contribution in [2.24, 2.45) is 0 Å². The second-order valence-electron chi connectivity index (χ2n) is 4.01. The van der Waals surface area contributed by atoms with E-state index in [0.717, 1.165) is 12.1 Å². The molecule has 0 saturated heterocycles. The van der Waals surface area contributed by atoms with Crippen LogP contribution in [-0.2, 0) is 10.0 Å². The van der Waals surface area contributed by atoms with Crippen LogP contribution < -0.4 is 4.72 Å². The van der Waals surface area contributed by atoms with Crippen LogP contribution in [0.25, 0.3) is 0 Å². The summed E-state index contributed by atoms with van der Waals surface area (Å²) in [5, 5.41) is 0.385. The van der Waals surface area contributed by atoms with Crippen molar-refractivity contribution >= 4 is 38.9 Å². The van der Waals surface area contributed by atoms with Gasteiger partial charge in [-0.2, -0.15) is 0 Å². The largest absolute Gasteiger partial charge is 0.278 e. The first-order valence-corrected chi connectivity index (χ1v) is 7.63. The van der Waals surface area contributed by atoms with E-state index in [9.17, 15) is 12.8 Å². The third kappa shape index (κ3) is 3.20. The molecule has 0 amide bonds. The van der Waals surface area contributed by atoms with Gasteiger partial charge in [-0.1, -0.05) is 23.2 Å². The lowest BCUT2D eigenvalue weighted by Crippen LogP contribution is -2.14. The Labute approximate surface area is 125 Å². The molecular weight excluding hydrogens is 326 g/mol. The van der Waals surface area contributed by atoms with Gasteiger partial charge in [0.25, 0.3) is 10.0 Å². The molecule has 2 rings (SSSR count). The minimum atomic E-state index is -4.06. The quantitative estimate of drug-likeness (QED) is 0.872. The molecule has 0 aliphatic heterocycles. The van der Waals surface area contributed by atoms with Crippen molar-refractivity contribution in [1.29, 1.82) is 0 Å². The summed E-state index contributed by atoms with van der Waals surface area (Å²) in [5.74, 6) is -0.927. The molecule has 8 heteroatoms. The van der Waals surface area contributed by atoms with Gasteiger partial charge in [-0.05, 0) is 36.8 Å². The molecule has 2 aromatic rings. The lowest BCUT2D eigenvalue weighted by atomic mass is 10.3. The van der Waals surface area contributed by atoms with Crippen molar-refractivity contribution in [3.63, 3.8) is 0 Å². The van der Waals surface area contributed by atoms with Gasteiger partial charge < -0.3 is 0 Å². The Morgan fingerprint density at radius 3 is 2.55 bits per heavy atom. The summed E-state index contributed by atoms with van der Waals surface area (Å²) in [4.78, 5) is 3.33. The fraction of sp³-hybridized carbons (Fsp3) is 0.0833. The van der Waals surface area contributed by atoms with Crippen LogP contribution in [0.4, 0.5) is 10.1 Å². The third-order valence-electron chi connectivity index (χ3n) is 2.45. The van der Waals surface area contributed by atoms with E-state index >= 15 is 0 Å². The van der Waals surface area contributed by atoms with Gasteiger partial charge in [-0.15, -0.1) is 0 Å². The zero-order chi connectivity index (χ0) is 14.9. The highest BCUT2D eigenvalue weighted by Gasteiger charge is 2.19. The van der Waals surface area contributed by atoms with Crippen molar-refractivity contribution in [2.45, 2.75) is 11.8 Å². The number of benzene rings is 1. The van der Waals surface area contributed by atoms with Crippen LogP contribution in [0, 0.1) is 12.7 Å². The first-order valence-electron chi connectivity index (χ1n) is 5.39. The van der Waals surface area contributed by atoms with E-state index < -0.39 is 20.7 Å². The van der Waals surface area contributed by atoms with Gasteiger partial charge in [0.15, 0.2) is 0 Å². The minimum Gasteiger partial charge on any atom is -0.278 e. The number of hydrogen-bond donors (Lipinski definition) is 1. The Balaban J connectivity index is 2.38. The molecule has 1 heterocycles. The van der Waals surface area contributed by atoms with Crippen LogP contribution in [0.15, 0.2) is 35.4 Å². The second kappa shape index (κ2) is 5.55. The average molecular weight is 335 g/mol. The molecule has 1 aromatic carbocycles. The molecule has 0 spiro atoms. The van der Waals surface area contributed by atoms with E-state index in [2.05, 4.69) is 9.71 Å². The summed E-state index contributed by atoms with van der Waals surface area (Å²) >= 11 is 11.3. The fourth-order valence-corrected chi connectivity index (χ4v) is 2.87. The molecule has 0 radical (unpaired) electrons. The topological polar surface area (TPSA) is 59.1 Å². The molecule has 0 unspecified atom stereocenters. The van der Waals surface area contributed by atoms with Gasteiger partial charge in [0.1, 0.15) is 15.9 Å². The summed E-state index contributed by atoms with van der Waals surface area (Å²) in [5.41, 5.74) is 0.796. The van der Waals surface area contributed by atoms with E-state index in [0.29, 0.717) is 5.56 Å². The highest BCUT2D eigenvalue weighted by molar-refractivity contribution is 7.92. The van der Waals surface area contributed by atoms with Crippen molar-refractivity contribution in [2.75, 3.05) is 4.72 Å². The Morgan fingerprint density at radius 1 is 1.25 bits per heavy atom. The second-order valence-corrected chi connectivity index (χ2v) is 6.46. The SMILES string of the molecule is Cc1cc(NS(=O)(=O)c2ccc(Cl)cc2F)cnc1Cl. The maximum Gasteiger partial charge on any atom is 0.264 e. The summed E-state index contributed by atoms with van der Waals surface area (Å²) in [6.45, 7) is 1.68. The van der Waals surface area contributed by atoms with Crippen molar-refractivity contribution < 1.29 is 12.8 Å². The highest BCUT2D eigenvalue weighted by Crippen LogP contribution is 2.23. The van der Waals surface area contributed by atoms with Crippen molar-refractivity contribution in [3.8, 4) is 0 Å². The molecule has 0 fully saturated rings. The van der Waals surface area contributed by atoms with Crippen LogP contribution in [0.3, 0.4) is 0 Å². The Morgan fingerprint density at radius 2 is 1.95 bits per heavy atom. The molecule has 106 valence electrons. The molecule has 0 aliphatic carbocycles. The molecule has 0 aliphatic rings. The molecule has 1 N–H and O–H groups in total. The summed E-state index contributed by atoms with van der Waals surface area (Å²) < 4.78 is 40.0. The van der Waals surface area contributed by atoms with Gasteiger partial charge in [-0.3, -0.25) is 4.72 Å². The van der Waals surface area contributed by atoms with Gasteiger partial charge >= 0.3 is 0 Å². The van der Waals surface area contributed by atoms with Crippen LogP contribution in [0.1, 0.15) is 5.56 Å². The van der Waals surface area contributed by atoms with E-state index in [1.807, 2.05) is 0 Å². The van der Waals surface area contributed by atoms with E-state index in [-0.39, 0.29) is 15.9 Å². The number of aromatic nitrogens is 1. The smallest absolute Gasteiger partial charge is 0.264 e. The zero-order valence-corrected chi connectivity index (χ0v) is 12.5. The zero-order valence-electron chi connectivity index (χ0n) is 10.2. The minimum absolute atomic E-state index is 0.116. The average Bonchev–Trinajstić information content (AvgIpc) is 2.33. The number of nitrogens with zero attached hydrogens (tertiary/aromatic N) is 1. The van der Waals surface area contributed by atoms with Crippen LogP contribution in [-0.4, -0.2) is 13.4 Å². The number of anilines is 1. The molecular formula is C12H9Cl2FN2O2S. The lowest BCUT2D eigenvalue weighted by Gasteiger charge is -2.09. The Hall–Kier alpha value is -1.37. The standard InChI is InChI=1S/C12H9Cl2FN2O2S/c1-7-4-9(6-16-12(7)14)17-20(18,19)11-3-2-8(13)5-10(11)15/h2-6,17H,1H3. The predicted molar refractivity (Wildman–Crippen MR) is 76.2 cm³/mol. The molecule has 4 nitrogen and oxygen atoms in total. The lowest BCUT2D eigenvalue weighted by molar-refractivity contribution is 0.570. The van der Waals surface area contributed by atoms with Gasteiger partial charge in [0.2, 0.25) is 0 Å². The molecule has 20 heavy (non-hydrogen) atoms. The third-order valence-corrected chi connectivity index (χ3v) is 4.50.